The van der Waals surface area contributed by atoms with Gasteiger partial charge in [-0.2, -0.15) is 13.2 Å². The maximum Gasteiger partial charge on any atom is 0.501 e. The molecule has 1 aliphatic heterocycles. The van der Waals surface area contributed by atoms with E-state index < -0.39 is 32.2 Å². The SMILES string of the molecule is CN(C)c1ccc2c(CN3CC(=O)N(c4ccc(S(=O)(=O)C(F)(F)F)cc4)C3=O)ccnc2c1. The van der Waals surface area contributed by atoms with Crippen molar-refractivity contribution in [2.75, 3.05) is 30.4 Å². The second kappa shape index (κ2) is 8.28. The summed E-state index contributed by atoms with van der Waals surface area (Å²) < 4.78 is 61.4. The Morgan fingerprint density at radius 3 is 2.32 bits per heavy atom. The molecule has 0 atom stereocenters. The average molecular weight is 492 g/mol. The van der Waals surface area contributed by atoms with Gasteiger partial charge in [-0.25, -0.2) is 18.1 Å². The molecule has 1 aliphatic rings. The van der Waals surface area contributed by atoms with Crippen LogP contribution in [0.3, 0.4) is 0 Å². The van der Waals surface area contributed by atoms with Crippen LogP contribution in [0.5, 0.6) is 0 Å². The molecule has 0 aliphatic carbocycles. The predicted molar refractivity (Wildman–Crippen MR) is 119 cm³/mol. The second-order valence-electron chi connectivity index (χ2n) is 7.88. The molecule has 0 unspecified atom stereocenters. The molecule has 8 nitrogen and oxygen atoms in total. The third-order valence-electron chi connectivity index (χ3n) is 5.44. The number of pyridine rings is 1. The van der Waals surface area contributed by atoms with Crippen LogP contribution in [0.15, 0.2) is 59.6 Å². The van der Waals surface area contributed by atoms with Gasteiger partial charge in [-0.1, -0.05) is 6.07 Å². The topological polar surface area (TPSA) is 90.9 Å². The lowest BCUT2D eigenvalue weighted by Crippen LogP contribution is -2.33. The van der Waals surface area contributed by atoms with E-state index in [9.17, 15) is 31.2 Å². The van der Waals surface area contributed by atoms with Gasteiger partial charge in [0.25, 0.3) is 15.7 Å². The maximum atomic E-state index is 13.0. The number of imide groups is 1. The van der Waals surface area contributed by atoms with Gasteiger partial charge >= 0.3 is 11.5 Å². The number of aromatic nitrogens is 1. The Balaban J connectivity index is 1.58. The van der Waals surface area contributed by atoms with Crippen LogP contribution in [0.4, 0.5) is 29.3 Å². The van der Waals surface area contributed by atoms with Crippen molar-refractivity contribution in [2.45, 2.75) is 16.9 Å². The third kappa shape index (κ3) is 4.04. The van der Waals surface area contributed by atoms with E-state index in [1.807, 2.05) is 37.2 Å². The quantitative estimate of drug-likeness (QED) is 0.506. The minimum Gasteiger partial charge on any atom is -0.378 e. The van der Waals surface area contributed by atoms with E-state index in [0.29, 0.717) is 0 Å². The normalized spacial score (nSPS) is 14.9. The lowest BCUT2D eigenvalue weighted by Gasteiger charge is -2.19. The molecule has 0 saturated carbocycles. The fourth-order valence-corrected chi connectivity index (χ4v) is 4.41. The highest BCUT2D eigenvalue weighted by Crippen LogP contribution is 2.32. The Kier molecular flexibility index (Phi) is 5.72. The second-order valence-corrected chi connectivity index (χ2v) is 9.82. The number of hydrogen-bond donors (Lipinski definition) is 0. The summed E-state index contributed by atoms with van der Waals surface area (Å²) in [5, 5.41) is 0.813. The van der Waals surface area contributed by atoms with E-state index in [2.05, 4.69) is 4.98 Å². The van der Waals surface area contributed by atoms with E-state index in [0.717, 1.165) is 51.3 Å². The number of alkyl halides is 3. The van der Waals surface area contributed by atoms with Crippen LogP contribution in [0.25, 0.3) is 10.9 Å². The number of fused-ring (bicyclic) bond motifs is 1. The number of anilines is 2. The number of nitrogens with zero attached hydrogens (tertiary/aromatic N) is 4. The van der Waals surface area contributed by atoms with Gasteiger partial charge in [0, 0.05) is 37.9 Å². The van der Waals surface area contributed by atoms with Crippen LogP contribution < -0.4 is 9.80 Å². The summed E-state index contributed by atoms with van der Waals surface area (Å²) in [5.41, 5.74) is -3.03. The van der Waals surface area contributed by atoms with Crippen molar-refractivity contribution >= 4 is 44.1 Å². The van der Waals surface area contributed by atoms with Gasteiger partial charge in [0.1, 0.15) is 6.54 Å². The molecule has 3 amide bonds. The highest BCUT2D eigenvalue weighted by atomic mass is 32.2. The number of hydrogen-bond acceptors (Lipinski definition) is 6. The van der Waals surface area contributed by atoms with Gasteiger partial charge in [0.15, 0.2) is 0 Å². The van der Waals surface area contributed by atoms with Crippen LogP contribution in [0.1, 0.15) is 5.56 Å². The lowest BCUT2D eigenvalue weighted by molar-refractivity contribution is -0.116. The Bertz CT molecular complexity index is 1390. The standard InChI is InChI=1S/C22H19F3N4O4S/c1-27(2)16-5-8-18-14(9-10-26-19(18)11-16)12-28-13-20(30)29(21(28)31)15-3-6-17(7-4-15)34(32,33)22(23,24)25/h3-11H,12-13H2,1-2H3. The smallest absolute Gasteiger partial charge is 0.378 e. The minimum atomic E-state index is -5.53. The number of rotatable bonds is 5. The monoisotopic (exact) mass is 492 g/mol. The van der Waals surface area contributed by atoms with E-state index >= 15 is 0 Å². The molecule has 1 aromatic heterocycles. The fourth-order valence-electron chi connectivity index (χ4n) is 3.65. The number of carbonyl (C=O) groups excluding carboxylic acids is 2. The summed E-state index contributed by atoms with van der Waals surface area (Å²) in [4.78, 5) is 33.0. The zero-order valence-electron chi connectivity index (χ0n) is 18.1. The molecule has 0 bridgehead atoms. The number of carbonyl (C=O) groups is 2. The van der Waals surface area contributed by atoms with Crippen LogP contribution in [-0.4, -0.2) is 56.4 Å². The van der Waals surface area contributed by atoms with Crippen LogP contribution in [0, 0.1) is 0 Å². The molecule has 2 aromatic carbocycles. The van der Waals surface area contributed by atoms with Gasteiger partial charge in [-0.15, -0.1) is 0 Å². The van der Waals surface area contributed by atoms with Crippen LogP contribution in [-0.2, 0) is 21.2 Å². The first-order valence-corrected chi connectivity index (χ1v) is 11.5. The fraction of sp³-hybridized carbons (Fsp3) is 0.227. The minimum absolute atomic E-state index is 0.0196. The molecular weight excluding hydrogens is 473 g/mol. The zero-order chi connectivity index (χ0) is 24.8. The Morgan fingerprint density at radius 2 is 1.71 bits per heavy atom. The van der Waals surface area contributed by atoms with Crippen molar-refractivity contribution in [2.24, 2.45) is 0 Å². The van der Waals surface area contributed by atoms with E-state index in [1.54, 1.807) is 12.3 Å². The first kappa shape index (κ1) is 23.5. The number of urea groups is 1. The van der Waals surface area contributed by atoms with Gasteiger partial charge in [0.2, 0.25) is 0 Å². The molecule has 34 heavy (non-hydrogen) atoms. The van der Waals surface area contributed by atoms with Crippen molar-refractivity contribution in [3.8, 4) is 0 Å². The maximum absolute atomic E-state index is 13.0. The molecule has 3 aromatic rings. The van der Waals surface area contributed by atoms with Crippen molar-refractivity contribution in [3.05, 3.63) is 60.3 Å². The van der Waals surface area contributed by atoms with Crippen molar-refractivity contribution < 1.29 is 31.2 Å². The predicted octanol–water partition coefficient (Wildman–Crippen LogP) is 3.56. The van der Waals surface area contributed by atoms with E-state index in [-0.39, 0.29) is 18.8 Å². The lowest BCUT2D eigenvalue weighted by atomic mass is 10.1. The third-order valence-corrected chi connectivity index (χ3v) is 6.94. The number of halogens is 3. The van der Waals surface area contributed by atoms with E-state index in [1.165, 1.54) is 4.90 Å². The summed E-state index contributed by atoms with van der Waals surface area (Å²) in [5.74, 6) is -0.579. The molecular formula is C22H19F3N4O4S. The summed E-state index contributed by atoms with van der Waals surface area (Å²) >= 11 is 0. The Hall–Kier alpha value is -3.67. The largest absolute Gasteiger partial charge is 0.501 e. The summed E-state index contributed by atoms with van der Waals surface area (Å²) in [6, 6.07) is 10.2. The summed E-state index contributed by atoms with van der Waals surface area (Å²) in [7, 11) is -1.73. The molecule has 0 N–H and O–H groups in total. The molecule has 2 heterocycles. The molecule has 12 heteroatoms. The highest BCUT2D eigenvalue weighted by molar-refractivity contribution is 7.92. The van der Waals surface area contributed by atoms with Crippen molar-refractivity contribution in [1.29, 1.82) is 0 Å². The number of amides is 3. The molecule has 4 rings (SSSR count). The van der Waals surface area contributed by atoms with Crippen LogP contribution in [0.2, 0.25) is 0 Å². The Morgan fingerprint density at radius 1 is 1.03 bits per heavy atom. The van der Waals surface area contributed by atoms with Gasteiger partial charge in [-0.3, -0.25) is 9.78 Å². The first-order chi connectivity index (χ1) is 15.9. The summed E-state index contributed by atoms with van der Waals surface area (Å²) in [6.45, 7) is -0.122. The molecule has 178 valence electrons. The number of sulfone groups is 1. The summed E-state index contributed by atoms with van der Waals surface area (Å²) in [6.07, 6.45) is 1.61. The molecule has 1 saturated heterocycles. The highest BCUT2D eigenvalue weighted by Gasteiger charge is 2.47. The van der Waals surface area contributed by atoms with Gasteiger partial charge in [0.05, 0.1) is 16.1 Å². The first-order valence-electron chi connectivity index (χ1n) is 9.98. The average Bonchev–Trinajstić information content (AvgIpc) is 3.05. The molecule has 1 fully saturated rings. The molecule has 0 radical (unpaired) electrons. The van der Waals surface area contributed by atoms with Gasteiger partial charge < -0.3 is 9.80 Å². The van der Waals surface area contributed by atoms with Crippen molar-refractivity contribution in [1.82, 2.24) is 9.88 Å². The van der Waals surface area contributed by atoms with Crippen molar-refractivity contribution in [3.63, 3.8) is 0 Å². The zero-order valence-corrected chi connectivity index (χ0v) is 18.9. The van der Waals surface area contributed by atoms with E-state index in [4.69, 9.17) is 0 Å². The van der Waals surface area contributed by atoms with Crippen LogP contribution >= 0.6 is 0 Å². The number of benzene rings is 2. The molecule has 0 spiro atoms. The Labute approximate surface area is 193 Å². The van der Waals surface area contributed by atoms with Gasteiger partial charge in [-0.05, 0) is 48.0 Å².